The normalized spacial score (nSPS) is 16.1. The van der Waals surface area contributed by atoms with E-state index in [1.165, 1.54) is 12.3 Å². The Balaban J connectivity index is 2.16. The van der Waals surface area contributed by atoms with E-state index in [1.54, 1.807) is 37.5 Å². The number of allylic oxidation sites excluding steroid dienone is 2. The van der Waals surface area contributed by atoms with Gasteiger partial charge in [0, 0.05) is 23.5 Å². The van der Waals surface area contributed by atoms with E-state index in [4.69, 9.17) is 4.74 Å². The first-order valence-corrected chi connectivity index (χ1v) is 5.33. The van der Waals surface area contributed by atoms with Crippen molar-refractivity contribution in [2.75, 3.05) is 7.11 Å². The van der Waals surface area contributed by atoms with Crippen LogP contribution in [0.25, 0.3) is 0 Å². The zero-order chi connectivity index (χ0) is 13.0. The van der Waals surface area contributed by atoms with Crippen LogP contribution in [0.3, 0.4) is 0 Å². The zero-order valence-electron chi connectivity index (χ0n) is 9.77. The molecule has 0 aromatic heterocycles. The first-order valence-electron chi connectivity index (χ1n) is 5.33. The molecule has 1 aromatic rings. The summed E-state index contributed by atoms with van der Waals surface area (Å²) in [5.74, 6) is 0.508. The Hall–Kier alpha value is -2.56. The van der Waals surface area contributed by atoms with Crippen molar-refractivity contribution in [2.45, 2.75) is 0 Å². The maximum Gasteiger partial charge on any atom is 0.323 e. The predicted molar refractivity (Wildman–Crippen MR) is 66.2 cm³/mol. The van der Waals surface area contributed by atoms with Gasteiger partial charge < -0.3 is 15.4 Å². The molecule has 0 aliphatic carbocycles. The summed E-state index contributed by atoms with van der Waals surface area (Å²) in [7, 11) is 1.56. The molecule has 0 unspecified atom stereocenters. The molecule has 0 saturated heterocycles. The summed E-state index contributed by atoms with van der Waals surface area (Å²) in [5, 5.41) is 4.96. The summed E-state index contributed by atoms with van der Waals surface area (Å²) < 4.78 is 5.01. The third-order valence-corrected chi connectivity index (χ3v) is 2.40. The highest BCUT2D eigenvalue weighted by molar-refractivity contribution is 6.05. The van der Waals surface area contributed by atoms with Crippen molar-refractivity contribution in [3.8, 4) is 5.75 Å². The monoisotopic (exact) mass is 244 g/mol. The maximum absolute atomic E-state index is 11.9. The van der Waals surface area contributed by atoms with Crippen molar-refractivity contribution in [3.63, 3.8) is 0 Å². The van der Waals surface area contributed by atoms with Gasteiger partial charge in [-0.1, -0.05) is 0 Å². The minimum atomic E-state index is -0.355. The van der Waals surface area contributed by atoms with Crippen LogP contribution in [0.15, 0.2) is 48.3 Å². The van der Waals surface area contributed by atoms with Crippen LogP contribution in [0.5, 0.6) is 5.75 Å². The highest BCUT2D eigenvalue weighted by Gasteiger charge is 2.08. The molecular weight excluding hydrogens is 232 g/mol. The molecule has 0 bridgehead atoms. The molecule has 0 saturated carbocycles. The molecule has 0 atom stereocenters. The molecule has 2 amide bonds. The molecule has 5 heteroatoms. The molecule has 0 fully saturated rings. The second kappa shape index (κ2) is 5.18. The number of methoxy groups -OCH3 is 1. The number of ketones is 1. The minimum Gasteiger partial charge on any atom is -0.497 e. The highest BCUT2D eigenvalue weighted by atomic mass is 16.5. The van der Waals surface area contributed by atoms with E-state index in [1.807, 2.05) is 0 Å². The largest absolute Gasteiger partial charge is 0.497 e. The Kier molecular flexibility index (Phi) is 3.43. The van der Waals surface area contributed by atoms with E-state index in [2.05, 4.69) is 10.6 Å². The lowest BCUT2D eigenvalue weighted by Gasteiger charge is -2.10. The lowest BCUT2D eigenvalue weighted by Crippen LogP contribution is -2.34. The average molecular weight is 244 g/mol. The summed E-state index contributed by atoms with van der Waals surface area (Å²) in [6.07, 6.45) is 4.46. The quantitative estimate of drug-likeness (QED) is 0.626. The van der Waals surface area contributed by atoms with Crippen LogP contribution in [0.2, 0.25) is 0 Å². The molecule has 18 heavy (non-hydrogen) atoms. The van der Waals surface area contributed by atoms with Crippen molar-refractivity contribution in [3.05, 3.63) is 53.9 Å². The lowest BCUT2D eigenvalue weighted by atomic mass is 10.1. The summed E-state index contributed by atoms with van der Waals surface area (Å²) in [6.45, 7) is 0. The van der Waals surface area contributed by atoms with Gasteiger partial charge in [0.15, 0.2) is 5.78 Å². The number of rotatable bonds is 3. The van der Waals surface area contributed by atoms with Gasteiger partial charge in [-0.05, 0) is 30.3 Å². The van der Waals surface area contributed by atoms with E-state index in [-0.39, 0.29) is 11.8 Å². The summed E-state index contributed by atoms with van der Waals surface area (Å²) in [6, 6.07) is 6.41. The number of urea groups is 1. The fraction of sp³-hybridized carbons (Fsp3) is 0.0769. The van der Waals surface area contributed by atoms with Crippen molar-refractivity contribution >= 4 is 11.8 Å². The summed E-state index contributed by atoms with van der Waals surface area (Å²) in [4.78, 5) is 22.9. The van der Waals surface area contributed by atoms with Gasteiger partial charge in [0.05, 0.1) is 7.11 Å². The van der Waals surface area contributed by atoms with Crippen LogP contribution in [0, 0.1) is 0 Å². The Morgan fingerprint density at radius 1 is 1.28 bits per heavy atom. The first-order chi connectivity index (χ1) is 8.69. The summed E-state index contributed by atoms with van der Waals surface area (Å²) >= 11 is 0. The second-order valence-electron chi connectivity index (χ2n) is 3.62. The van der Waals surface area contributed by atoms with Crippen molar-refractivity contribution in [1.82, 2.24) is 10.6 Å². The molecule has 1 aliphatic heterocycles. The smallest absolute Gasteiger partial charge is 0.323 e. The number of nitrogens with one attached hydrogen (secondary N) is 2. The van der Waals surface area contributed by atoms with Crippen LogP contribution < -0.4 is 15.4 Å². The van der Waals surface area contributed by atoms with E-state index in [0.717, 1.165) is 0 Å². The Morgan fingerprint density at radius 3 is 2.61 bits per heavy atom. The Bertz CT molecular complexity index is 530. The third-order valence-electron chi connectivity index (χ3n) is 2.40. The number of benzene rings is 1. The van der Waals surface area contributed by atoms with Crippen molar-refractivity contribution in [2.24, 2.45) is 0 Å². The molecule has 5 nitrogen and oxygen atoms in total. The van der Waals surface area contributed by atoms with Crippen LogP contribution in [0.4, 0.5) is 4.79 Å². The molecule has 0 spiro atoms. The fourth-order valence-corrected chi connectivity index (χ4v) is 1.48. The van der Waals surface area contributed by atoms with Gasteiger partial charge in [-0.15, -0.1) is 0 Å². The SMILES string of the molecule is COc1ccc(C(=O)C=C2C=CNC(=O)N2)cc1. The standard InChI is InChI=1S/C13H12N2O3/c1-18-11-4-2-9(3-5-11)12(16)8-10-6-7-14-13(17)15-10/h2-8H,1H3,(H2,14,15,17). The predicted octanol–water partition coefficient (Wildman–Crippen LogP) is 1.59. The number of hydrogen-bond acceptors (Lipinski definition) is 3. The molecule has 2 N–H and O–H groups in total. The van der Waals surface area contributed by atoms with Crippen LogP contribution in [-0.4, -0.2) is 18.9 Å². The molecule has 1 aromatic carbocycles. The van der Waals surface area contributed by atoms with Crippen molar-refractivity contribution < 1.29 is 14.3 Å². The third kappa shape index (κ3) is 2.76. The van der Waals surface area contributed by atoms with E-state index < -0.39 is 0 Å². The van der Waals surface area contributed by atoms with Gasteiger partial charge in [-0.3, -0.25) is 4.79 Å². The van der Waals surface area contributed by atoms with Crippen LogP contribution in [-0.2, 0) is 0 Å². The van der Waals surface area contributed by atoms with E-state index >= 15 is 0 Å². The van der Waals surface area contributed by atoms with E-state index in [0.29, 0.717) is 17.0 Å². The lowest BCUT2D eigenvalue weighted by molar-refractivity contribution is 0.104. The fourth-order valence-electron chi connectivity index (χ4n) is 1.48. The average Bonchev–Trinajstić information content (AvgIpc) is 2.39. The topological polar surface area (TPSA) is 67.4 Å². The van der Waals surface area contributed by atoms with Crippen LogP contribution >= 0.6 is 0 Å². The molecule has 92 valence electrons. The zero-order valence-corrected chi connectivity index (χ0v) is 9.77. The van der Waals surface area contributed by atoms with Gasteiger partial charge in [0.25, 0.3) is 0 Å². The highest BCUT2D eigenvalue weighted by Crippen LogP contribution is 2.12. The molecule has 2 rings (SSSR count). The Morgan fingerprint density at radius 2 is 2.00 bits per heavy atom. The number of ether oxygens (including phenoxy) is 1. The van der Waals surface area contributed by atoms with Crippen LogP contribution in [0.1, 0.15) is 10.4 Å². The molecular formula is C13H12N2O3. The molecule has 0 radical (unpaired) electrons. The first kappa shape index (κ1) is 11.9. The van der Waals surface area contributed by atoms with Gasteiger partial charge in [-0.2, -0.15) is 0 Å². The van der Waals surface area contributed by atoms with Gasteiger partial charge in [0.2, 0.25) is 0 Å². The number of carbonyl (C=O) groups is 2. The molecule has 1 aliphatic rings. The van der Waals surface area contributed by atoms with Gasteiger partial charge in [-0.25, -0.2) is 4.79 Å². The molecule has 1 heterocycles. The van der Waals surface area contributed by atoms with Gasteiger partial charge >= 0.3 is 6.03 Å². The van der Waals surface area contributed by atoms with E-state index in [9.17, 15) is 9.59 Å². The number of amides is 2. The Labute approximate surface area is 104 Å². The minimum absolute atomic E-state index is 0.181. The number of hydrogen-bond donors (Lipinski definition) is 2. The number of carbonyl (C=O) groups excluding carboxylic acids is 2. The van der Waals surface area contributed by atoms with Crippen molar-refractivity contribution in [1.29, 1.82) is 0 Å². The maximum atomic E-state index is 11.9. The summed E-state index contributed by atoms with van der Waals surface area (Å²) in [5.41, 5.74) is 0.990. The second-order valence-corrected chi connectivity index (χ2v) is 3.62. The van der Waals surface area contributed by atoms with Gasteiger partial charge in [0.1, 0.15) is 5.75 Å².